The predicted octanol–water partition coefficient (Wildman–Crippen LogP) is 2.75. The summed E-state index contributed by atoms with van der Waals surface area (Å²) in [6.07, 6.45) is 2.44. The zero-order chi connectivity index (χ0) is 13.8. The second-order valence-electron chi connectivity index (χ2n) is 6.12. The molecule has 0 bridgehead atoms. The minimum absolute atomic E-state index is 0.0156. The maximum absolute atomic E-state index is 9.55. The number of rotatable bonds is 6. The molecule has 2 N–H and O–H groups in total. The molecule has 3 nitrogen and oxygen atoms in total. The van der Waals surface area contributed by atoms with E-state index in [1.165, 1.54) is 0 Å². The lowest BCUT2D eigenvalue weighted by Gasteiger charge is -2.28. The first-order valence-electron chi connectivity index (χ1n) is 6.53. The Hall–Kier alpha value is -0.450. The molecule has 104 valence electrons. The monoisotopic (exact) mass is 271 g/mol. The SMILES string of the molecule is CCCC(CO)(CO)Cc1nc(C(C)(C)C)cs1. The summed E-state index contributed by atoms with van der Waals surface area (Å²) in [6.45, 7) is 8.53. The topological polar surface area (TPSA) is 53.4 Å². The zero-order valence-corrected chi connectivity index (χ0v) is 12.7. The van der Waals surface area contributed by atoms with Crippen molar-refractivity contribution in [1.29, 1.82) is 0 Å². The van der Waals surface area contributed by atoms with Crippen molar-refractivity contribution in [2.24, 2.45) is 5.41 Å². The Balaban J connectivity index is 2.85. The Morgan fingerprint density at radius 1 is 1.22 bits per heavy atom. The number of aliphatic hydroxyl groups is 2. The number of hydrogen-bond donors (Lipinski definition) is 2. The first-order valence-corrected chi connectivity index (χ1v) is 7.41. The van der Waals surface area contributed by atoms with Gasteiger partial charge in [0.25, 0.3) is 0 Å². The van der Waals surface area contributed by atoms with Gasteiger partial charge in [-0.1, -0.05) is 34.1 Å². The highest BCUT2D eigenvalue weighted by Gasteiger charge is 2.30. The molecule has 0 radical (unpaired) electrons. The van der Waals surface area contributed by atoms with Gasteiger partial charge in [-0.2, -0.15) is 0 Å². The van der Waals surface area contributed by atoms with Crippen LogP contribution in [-0.4, -0.2) is 28.4 Å². The first-order chi connectivity index (χ1) is 8.37. The van der Waals surface area contributed by atoms with E-state index < -0.39 is 5.41 Å². The molecule has 0 saturated carbocycles. The number of aromatic nitrogens is 1. The van der Waals surface area contributed by atoms with Crippen molar-refractivity contribution in [2.45, 2.75) is 52.4 Å². The molecule has 0 fully saturated rings. The van der Waals surface area contributed by atoms with E-state index in [1.54, 1.807) is 11.3 Å². The van der Waals surface area contributed by atoms with Gasteiger partial charge in [0.05, 0.1) is 23.9 Å². The van der Waals surface area contributed by atoms with Gasteiger partial charge in [-0.05, 0) is 6.42 Å². The second-order valence-corrected chi connectivity index (χ2v) is 7.06. The highest BCUT2D eigenvalue weighted by Crippen LogP contribution is 2.31. The third kappa shape index (κ3) is 3.77. The maximum atomic E-state index is 9.55. The molecule has 0 saturated heterocycles. The van der Waals surface area contributed by atoms with Crippen LogP contribution in [0.2, 0.25) is 0 Å². The summed E-state index contributed by atoms with van der Waals surface area (Å²) in [6, 6.07) is 0. The summed E-state index contributed by atoms with van der Waals surface area (Å²) in [4.78, 5) is 4.64. The Morgan fingerprint density at radius 2 is 1.83 bits per heavy atom. The van der Waals surface area contributed by atoms with Gasteiger partial charge in [-0.25, -0.2) is 4.98 Å². The van der Waals surface area contributed by atoms with Gasteiger partial charge in [0.1, 0.15) is 0 Å². The normalized spacial score (nSPS) is 13.0. The maximum Gasteiger partial charge on any atom is 0.0935 e. The molecule has 1 aromatic rings. The number of thiazole rings is 1. The largest absolute Gasteiger partial charge is 0.396 e. The van der Waals surface area contributed by atoms with E-state index in [2.05, 4.69) is 38.1 Å². The van der Waals surface area contributed by atoms with Crippen molar-refractivity contribution in [3.05, 3.63) is 16.1 Å². The van der Waals surface area contributed by atoms with Gasteiger partial charge in [0, 0.05) is 22.6 Å². The van der Waals surface area contributed by atoms with Crippen molar-refractivity contribution in [1.82, 2.24) is 4.98 Å². The van der Waals surface area contributed by atoms with E-state index in [-0.39, 0.29) is 18.6 Å². The smallest absolute Gasteiger partial charge is 0.0935 e. The van der Waals surface area contributed by atoms with Gasteiger partial charge in [-0.15, -0.1) is 11.3 Å². The zero-order valence-electron chi connectivity index (χ0n) is 11.9. The second kappa shape index (κ2) is 6.13. The van der Waals surface area contributed by atoms with Crippen LogP contribution in [0.5, 0.6) is 0 Å². The highest BCUT2D eigenvalue weighted by molar-refractivity contribution is 7.09. The Kier molecular flexibility index (Phi) is 5.32. The van der Waals surface area contributed by atoms with Crippen molar-refractivity contribution in [3.8, 4) is 0 Å². The first kappa shape index (κ1) is 15.6. The molecule has 1 aromatic heterocycles. The summed E-state index contributed by atoms with van der Waals surface area (Å²) in [5, 5.41) is 22.2. The number of nitrogens with zero attached hydrogens (tertiary/aromatic N) is 1. The van der Waals surface area contributed by atoms with Crippen LogP contribution in [-0.2, 0) is 11.8 Å². The molecular weight excluding hydrogens is 246 g/mol. The van der Waals surface area contributed by atoms with Gasteiger partial charge in [0.2, 0.25) is 0 Å². The van der Waals surface area contributed by atoms with Gasteiger partial charge in [-0.3, -0.25) is 0 Å². The molecule has 0 unspecified atom stereocenters. The lowest BCUT2D eigenvalue weighted by atomic mass is 9.82. The van der Waals surface area contributed by atoms with Gasteiger partial charge in [0.15, 0.2) is 0 Å². The third-order valence-electron chi connectivity index (χ3n) is 3.30. The molecule has 0 aliphatic heterocycles. The van der Waals surface area contributed by atoms with E-state index in [9.17, 15) is 10.2 Å². The van der Waals surface area contributed by atoms with Gasteiger partial charge < -0.3 is 10.2 Å². The molecule has 0 atom stereocenters. The van der Waals surface area contributed by atoms with Crippen LogP contribution < -0.4 is 0 Å². The van der Waals surface area contributed by atoms with E-state index in [4.69, 9.17) is 0 Å². The minimum atomic E-state index is -0.415. The molecule has 0 aliphatic rings. The van der Waals surface area contributed by atoms with Crippen LogP contribution >= 0.6 is 11.3 Å². The summed E-state index contributed by atoms with van der Waals surface area (Å²) < 4.78 is 0. The number of hydrogen-bond acceptors (Lipinski definition) is 4. The fourth-order valence-corrected chi connectivity index (χ4v) is 3.19. The third-order valence-corrected chi connectivity index (χ3v) is 4.15. The fourth-order valence-electron chi connectivity index (χ4n) is 2.00. The van der Waals surface area contributed by atoms with Crippen LogP contribution in [0.25, 0.3) is 0 Å². The van der Waals surface area contributed by atoms with Crippen LogP contribution in [0.15, 0.2) is 5.38 Å². The van der Waals surface area contributed by atoms with Crippen molar-refractivity contribution >= 4 is 11.3 Å². The highest BCUT2D eigenvalue weighted by atomic mass is 32.1. The Labute approximate surface area is 114 Å². The molecule has 4 heteroatoms. The minimum Gasteiger partial charge on any atom is -0.396 e. The quantitative estimate of drug-likeness (QED) is 0.836. The Bertz CT molecular complexity index is 364. The lowest BCUT2D eigenvalue weighted by molar-refractivity contribution is 0.0465. The molecular formula is C14H25NO2S. The van der Waals surface area contributed by atoms with Crippen molar-refractivity contribution in [2.75, 3.05) is 13.2 Å². The molecule has 1 rings (SSSR count). The summed E-state index contributed by atoms with van der Waals surface area (Å²) in [7, 11) is 0. The predicted molar refractivity (Wildman–Crippen MR) is 76.0 cm³/mol. The molecule has 0 spiro atoms. The van der Waals surface area contributed by atoms with Crippen molar-refractivity contribution < 1.29 is 10.2 Å². The molecule has 0 aliphatic carbocycles. The average molecular weight is 271 g/mol. The van der Waals surface area contributed by atoms with Crippen LogP contribution in [0.3, 0.4) is 0 Å². The van der Waals surface area contributed by atoms with Crippen LogP contribution in [0, 0.1) is 5.41 Å². The molecule has 18 heavy (non-hydrogen) atoms. The number of aliphatic hydroxyl groups excluding tert-OH is 2. The Morgan fingerprint density at radius 3 is 2.22 bits per heavy atom. The van der Waals surface area contributed by atoms with E-state index >= 15 is 0 Å². The van der Waals surface area contributed by atoms with Gasteiger partial charge >= 0.3 is 0 Å². The van der Waals surface area contributed by atoms with E-state index in [0.29, 0.717) is 6.42 Å². The van der Waals surface area contributed by atoms with Crippen LogP contribution in [0.1, 0.15) is 51.2 Å². The van der Waals surface area contributed by atoms with E-state index in [0.717, 1.165) is 23.5 Å². The van der Waals surface area contributed by atoms with Crippen molar-refractivity contribution in [3.63, 3.8) is 0 Å². The molecule has 0 amide bonds. The summed E-state index contributed by atoms with van der Waals surface area (Å²) in [5.41, 5.74) is 0.728. The summed E-state index contributed by atoms with van der Waals surface area (Å²) >= 11 is 1.63. The van der Waals surface area contributed by atoms with Crippen LogP contribution in [0.4, 0.5) is 0 Å². The standard InChI is InChI=1S/C14H25NO2S/c1-5-6-14(9-16,10-17)7-12-15-11(8-18-12)13(2,3)4/h8,16-17H,5-7,9-10H2,1-4H3. The summed E-state index contributed by atoms with van der Waals surface area (Å²) in [5.74, 6) is 0. The lowest BCUT2D eigenvalue weighted by Crippen LogP contribution is -2.32. The molecule has 1 heterocycles. The fraction of sp³-hybridized carbons (Fsp3) is 0.786. The molecule has 0 aromatic carbocycles. The average Bonchev–Trinajstić information content (AvgIpc) is 2.76. The van der Waals surface area contributed by atoms with E-state index in [1.807, 2.05) is 0 Å².